The summed E-state index contributed by atoms with van der Waals surface area (Å²) >= 11 is 0. The molecule has 22 heteroatoms. The van der Waals surface area contributed by atoms with E-state index in [0.29, 0.717) is 23.4 Å². The Balaban J connectivity index is 0.00000675. The molecule has 0 spiro atoms. The van der Waals surface area contributed by atoms with Crippen LogP contribution in [0.15, 0.2) is 30.5 Å². The van der Waals surface area contributed by atoms with Crippen molar-refractivity contribution in [2.45, 2.75) is 30.8 Å². The molecule has 0 bridgehead atoms. The van der Waals surface area contributed by atoms with Crippen molar-refractivity contribution >= 4 is 61.6 Å². The van der Waals surface area contributed by atoms with E-state index in [0.717, 1.165) is 0 Å². The van der Waals surface area contributed by atoms with Crippen LogP contribution in [0.25, 0.3) is 11.2 Å². The number of carbonyl (C=O) groups is 3. The van der Waals surface area contributed by atoms with Crippen molar-refractivity contribution in [1.82, 2.24) is 30.6 Å². The molecule has 0 saturated heterocycles. The van der Waals surface area contributed by atoms with Crippen LogP contribution in [0.1, 0.15) is 28.9 Å². The minimum atomic E-state index is -5.25. The second kappa shape index (κ2) is 15.2. The van der Waals surface area contributed by atoms with Crippen LogP contribution in [0.5, 0.6) is 0 Å². The maximum absolute atomic E-state index is 12.7. The number of nitrogens with two attached hydrogens (primary N) is 2. The third-order valence-corrected chi connectivity index (χ3v) is 9.72. The van der Waals surface area contributed by atoms with Gasteiger partial charge in [0.25, 0.3) is 5.91 Å². The topological polar surface area (TPSA) is 317 Å². The maximum Gasteiger partial charge on any atom is 1.00 e. The van der Waals surface area contributed by atoms with Gasteiger partial charge < -0.3 is 51.7 Å². The number of anilines is 3. The van der Waals surface area contributed by atoms with Crippen molar-refractivity contribution in [2.75, 3.05) is 30.0 Å². The van der Waals surface area contributed by atoms with Gasteiger partial charge in [-0.25, -0.2) is 14.8 Å². The van der Waals surface area contributed by atoms with E-state index >= 15 is 0 Å². The van der Waals surface area contributed by atoms with Crippen LogP contribution in [0, 0.1) is 0 Å². The molecule has 232 valence electrons. The van der Waals surface area contributed by atoms with Gasteiger partial charge in [0, 0.05) is 31.3 Å². The molecule has 3 aromatic rings. The molecule has 0 aliphatic rings. The molecule has 0 radical (unpaired) electrons. The molecule has 0 saturated carbocycles. The minimum Gasteiger partial charge on any atom is -0.480 e. The number of aliphatic carboxylic acids is 1. The summed E-state index contributed by atoms with van der Waals surface area (Å²) in [7, 11) is -8.74. The number of hydrogen-bond acceptors (Lipinski definition) is 12. The smallest absolute Gasteiger partial charge is 0.480 e. The summed E-state index contributed by atoms with van der Waals surface area (Å²) in [6.45, 7) is -0.742. The first-order valence-electron chi connectivity index (χ1n) is 12.2. The van der Waals surface area contributed by atoms with Crippen molar-refractivity contribution in [3.8, 4) is 0 Å². The van der Waals surface area contributed by atoms with Crippen LogP contribution in [0.4, 0.5) is 17.5 Å². The number of hydrogen-bond donors (Lipinski definition) is 9. The fourth-order valence-corrected chi connectivity index (χ4v) is 5.99. The number of fused-ring (bicyclic) bond motifs is 1. The van der Waals surface area contributed by atoms with Gasteiger partial charge >= 0.3 is 50.7 Å². The summed E-state index contributed by atoms with van der Waals surface area (Å²) in [5.74, 6) is -3.08. The number of carboxylic acids is 1. The van der Waals surface area contributed by atoms with E-state index in [-0.39, 0.29) is 52.5 Å². The molecule has 2 heterocycles. The average molecular weight is 664 g/mol. The zero-order chi connectivity index (χ0) is 32.1. The van der Waals surface area contributed by atoms with Gasteiger partial charge in [0.05, 0.1) is 18.4 Å². The van der Waals surface area contributed by atoms with Gasteiger partial charge in [-0.2, -0.15) is 9.97 Å². The van der Waals surface area contributed by atoms with Crippen molar-refractivity contribution < 1.29 is 77.8 Å². The molecular formula is C22H29N9NaO10P2+. The number of carbonyl (C=O) groups excluding carboxylic acids is 2. The molecule has 1 aromatic carbocycles. The molecule has 11 N–H and O–H groups in total. The van der Waals surface area contributed by atoms with Gasteiger partial charge in [-0.1, -0.05) is 0 Å². The summed E-state index contributed by atoms with van der Waals surface area (Å²) in [6, 6.07) is 4.63. The standard InChI is InChI=1S/C22H29N9O10P2.Na/c1-31(10-12-8-26-19-17(27-12)18(23)29-22(24)30-19)13-4-2-11(3-5-13)20(33)28-14(21(34)35)6-7-15(32)25-9-16(42(36,37)38)43(39,40)41;/h2-5,8,14,16H,6-7,9-10H2,1H3,(H,25,32)(H,28,33)(H,34,35)(H2,36,37,38)(H2,39,40,41)(H4,23,24,26,29,30);/q;+1. The van der Waals surface area contributed by atoms with Gasteiger partial charge in [-0.3, -0.25) is 18.7 Å². The molecule has 0 fully saturated rings. The summed E-state index contributed by atoms with van der Waals surface area (Å²) < 4.78 is 22.6. The quantitative estimate of drug-likeness (QED) is 0.0620. The number of benzene rings is 1. The van der Waals surface area contributed by atoms with Gasteiger partial charge in [-0.05, 0) is 30.7 Å². The zero-order valence-corrected chi connectivity index (χ0v) is 27.2. The van der Waals surface area contributed by atoms with Crippen LogP contribution < -0.4 is 56.6 Å². The van der Waals surface area contributed by atoms with Crippen LogP contribution in [-0.4, -0.2) is 87.4 Å². The van der Waals surface area contributed by atoms with Crippen LogP contribution in [-0.2, 0) is 25.3 Å². The number of rotatable bonds is 13. The number of nitrogens with zero attached hydrogens (tertiary/aromatic N) is 5. The first-order valence-corrected chi connectivity index (χ1v) is 15.6. The van der Waals surface area contributed by atoms with Crippen molar-refractivity contribution in [3.05, 3.63) is 41.7 Å². The van der Waals surface area contributed by atoms with E-state index < -0.39 is 63.8 Å². The normalized spacial score (nSPS) is 12.3. The molecule has 3 rings (SSSR count). The molecule has 0 aliphatic carbocycles. The summed E-state index contributed by atoms with van der Waals surface area (Å²) in [6.07, 6.45) is 0.560. The zero-order valence-electron chi connectivity index (χ0n) is 23.4. The Morgan fingerprint density at radius 2 is 1.61 bits per heavy atom. The maximum atomic E-state index is 12.7. The molecule has 19 nitrogen and oxygen atoms in total. The van der Waals surface area contributed by atoms with Crippen LogP contribution >= 0.6 is 15.2 Å². The van der Waals surface area contributed by atoms with Crippen molar-refractivity contribution in [2.24, 2.45) is 0 Å². The Labute approximate surface area is 271 Å². The molecule has 0 aliphatic heterocycles. The third-order valence-electron chi connectivity index (χ3n) is 5.99. The van der Waals surface area contributed by atoms with Gasteiger partial charge in [0.15, 0.2) is 22.4 Å². The summed E-state index contributed by atoms with van der Waals surface area (Å²) in [4.78, 5) is 91.1. The second-order valence-corrected chi connectivity index (χ2v) is 13.3. The fourth-order valence-electron chi connectivity index (χ4n) is 3.76. The summed E-state index contributed by atoms with van der Waals surface area (Å²) in [5, 5.41) is 11.3. The number of nitrogens with one attached hydrogen (secondary N) is 2. The Bertz CT molecular complexity index is 1600. The average Bonchev–Trinajstić information content (AvgIpc) is 2.89. The second-order valence-electron chi connectivity index (χ2n) is 9.27. The van der Waals surface area contributed by atoms with Crippen LogP contribution in [0.2, 0.25) is 0 Å². The number of aromatic nitrogens is 4. The van der Waals surface area contributed by atoms with E-state index in [1.807, 2.05) is 5.32 Å². The predicted octanol–water partition coefficient (Wildman–Crippen LogP) is -4.01. The van der Waals surface area contributed by atoms with E-state index in [1.165, 1.54) is 18.3 Å². The molecule has 1 unspecified atom stereocenters. The Morgan fingerprint density at radius 3 is 2.18 bits per heavy atom. The molecular weight excluding hydrogens is 635 g/mol. The van der Waals surface area contributed by atoms with Crippen molar-refractivity contribution in [1.29, 1.82) is 0 Å². The number of carboxylic acid groups (broad SMARTS) is 1. The molecule has 2 amide bonds. The number of amides is 2. The minimum absolute atomic E-state index is 0. The molecule has 1 atom stereocenters. The Morgan fingerprint density at radius 1 is 1.00 bits per heavy atom. The largest absolute Gasteiger partial charge is 1.00 e. The Hall–Kier alpha value is -3.25. The molecule has 44 heavy (non-hydrogen) atoms. The van der Waals surface area contributed by atoms with Crippen LogP contribution in [0.3, 0.4) is 0 Å². The monoisotopic (exact) mass is 664 g/mol. The predicted molar refractivity (Wildman–Crippen MR) is 152 cm³/mol. The molecule has 2 aromatic heterocycles. The Kier molecular flexibility index (Phi) is 12.7. The van der Waals surface area contributed by atoms with Gasteiger partial charge in [-0.15, -0.1) is 0 Å². The van der Waals surface area contributed by atoms with E-state index in [9.17, 15) is 28.6 Å². The van der Waals surface area contributed by atoms with E-state index in [2.05, 4.69) is 25.3 Å². The first-order chi connectivity index (χ1) is 20.0. The van der Waals surface area contributed by atoms with Gasteiger partial charge in [0.1, 0.15) is 6.04 Å². The van der Waals surface area contributed by atoms with Crippen molar-refractivity contribution in [3.63, 3.8) is 0 Å². The van der Waals surface area contributed by atoms with Gasteiger partial charge in [0.2, 0.25) is 11.9 Å². The summed E-state index contributed by atoms with van der Waals surface area (Å²) in [5.41, 5.74) is 13.3. The van der Waals surface area contributed by atoms with E-state index in [4.69, 9.17) is 31.0 Å². The van der Waals surface area contributed by atoms with E-state index in [1.54, 1.807) is 24.1 Å². The number of nitrogen functional groups attached to an aromatic ring is 2. The first kappa shape index (κ1) is 36.9. The SMILES string of the molecule is CN(Cc1cnc2nc(N)nc(N)c2n1)c1ccc(C(=O)NC(CCC(=O)NCC(P(=O)(O)O)P(=O)(O)O)C(=O)O)cc1.[Na+]. The fraction of sp³-hybridized carbons (Fsp3) is 0.318. The third kappa shape index (κ3) is 10.2.